The summed E-state index contributed by atoms with van der Waals surface area (Å²) in [4.78, 5) is 11.7. The Morgan fingerprint density at radius 2 is 2.00 bits per heavy atom. The molecule has 0 radical (unpaired) electrons. The zero-order chi connectivity index (χ0) is 18.8. The fourth-order valence-corrected chi connectivity index (χ4v) is 4.05. The Morgan fingerprint density at radius 3 is 2.79 bits per heavy atom. The SMILES string of the molecule is C1=NNN(C2CCC(Oc3nc(N4CCOCC4)cc4ncccc34)CC2)N1. The second-order valence-electron chi connectivity index (χ2n) is 7.36. The summed E-state index contributed by atoms with van der Waals surface area (Å²) >= 11 is 0. The maximum atomic E-state index is 6.41. The highest BCUT2D eigenvalue weighted by Gasteiger charge is 2.29. The van der Waals surface area contributed by atoms with E-state index in [1.165, 1.54) is 0 Å². The van der Waals surface area contributed by atoms with Crippen molar-refractivity contribution in [2.45, 2.75) is 37.8 Å². The van der Waals surface area contributed by atoms with Crippen molar-refractivity contribution >= 4 is 23.1 Å². The van der Waals surface area contributed by atoms with Crippen molar-refractivity contribution < 1.29 is 9.47 Å². The quantitative estimate of drug-likeness (QED) is 0.820. The molecule has 0 amide bonds. The monoisotopic (exact) mass is 383 g/mol. The van der Waals surface area contributed by atoms with Gasteiger partial charge in [-0.1, -0.05) is 0 Å². The number of nitrogens with zero attached hydrogens (tertiary/aromatic N) is 5. The number of anilines is 1. The predicted octanol–water partition coefficient (Wildman–Crippen LogP) is 1.42. The first kappa shape index (κ1) is 17.4. The smallest absolute Gasteiger partial charge is 0.225 e. The van der Waals surface area contributed by atoms with Gasteiger partial charge in [0.15, 0.2) is 0 Å². The summed E-state index contributed by atoms with van der Waals surface area (Å²) < 4.78 is 11.9. The highest BCUT2D eigenvalue weighted by molar-refractivity contribution is 5.85. The standard InChI is InChI=1S/C19H25N7O2/c1-2-16-17(20-7-1)12-18(25-8-10-27-11-9-25)23-19(16)28-15-5-3-14(4-6-15)26-22-13-21-24-26/h1-2,7,12-15,24H,3-6,8-11H2,(H,21,22). The number of fused-ring (bicyclic) bond motifs is 1. The number of aromatic nitrogens is 2. The topological polar surface area (TPSA) is 87.1 Å². The number of pyridine rings is 2. The molecule has 2 aromatic heterocycles. The summed E-state index contributed by atoms with van der Waals surface area (Å²) in [6.07, 6.45) is 7.68. The van der Waals surface area contributed by atoms with Gasteiger partial charge < -0.3 is 14.4 Å². The van der Waals surface area contributed by atoms with E-state index < -0.39 is 0 Å². The van der Waals surface area contributed by atoms with E-state index in [0.717, 1.165) is 68.7 Å². The third-order valence-electron chi connectivity index (χ3n) is 5.60. The largest absolute Gasteiger partial charge is 0.474 e. The summed E-state index contributed by atoms with van der Waals surface area (Å²) in [6.45, 7) is 3.14. The van der Waals surface area contributed by atoms with Crippen LogP contribution in [0.4, 0.5) is 5.82 Å². The molecule has 2 aromatic rings. The fourth-order valence-electron chi connectivity index (χ4n) is 4.05. The average molecular weight is 383 g/mol. The van der Waals surface area contributed by atoms with Gasteiger partial charge in [0.05, 0.1) is 30.2 Å². The molecule has 3 aliphatic rings. The Kier molecular flexibility index (Phi) is 4.84. The molecule has 1 saturated heterocycles. The first-order chi connectivity index (χ1) is 13.9. The van der Waals surface area contributed by atoms with Crippen molar-refractivity contribution in [2.75, 3.05) is 31.2 Å². The molecule has 2 aliphatic heterocycles. The molecule has 0 unspecified atom stereocenters. The molecule has 2 N–H and O–H groups in total. The van der Waals surface area contributed by atoms with Crippen LogP contribution in [0.1, 0.15) is 25.7 Å². The zero-order valence-electron chi connectivity index (χ0n) is 15.8. The molecule has 5 rings (SSSR count). The minimum Gasteiger partial charge on any atom is -0.474 e. The third-order valence-corrected chi connectivity index (χ3v) is 5.60. The molecule has 0 aromatic carbocycles. The number of rotatable bonds is 4. The molecule has 4 heterocycles. The van der Waals surface area contributed by atoms with Crippen molar-refractivity contribution in [1.29, 1.82) is 0 Å². The van der Waals surface area contributed by atoms with Gasteiger partial charge in [-0.3, -0.25) is 10.4 Å². The van der Waals surface area contributed by atoms with Gasteiger partial charge in [0.1, 0.15) is 18.3 Å². The minimum atomic E-state index is 0.163. The van der Waals surface area contributed by atoms with Gasteiger partial charge in [-0.25, -0.2) is 5.53 Å². The van der Waals surface area contributed by atoms with Crippen LogP contribution < -0.4 is 20.6 Å². The summed E-state index contributed by atoms with van der Waals surface area (Å²) in [7, 11) is 0. The molecular formula is C19H25N7O2. The van der Waals surface area contributed by atoms with Crippen molar-refractivity contribution in [3.8, 4) is 5.88 Å². The highest BCUT2D eigenvalue weighted by Crippen LogP contribution is 2.31. The van der Waals surface area contributed by atoms with Gasteiger partial charge in [-0.15, -0.1) is 5.12 Å². The highest BCUT2D eigenvalue weighted by atomic mass is 16.5. The minimum absolute atomic E-state index is 0.163. The number of ether oxygens (including phenoxy) is 2. The van der Waals surface area contributed by atoms with Crippen LogP contribution in [0.25, 0.3) is 10.9 Å². The van der Waals surface area contributed by atoms with Gasteiger partial charge in [-0.2, -0.15) is 10.1 Å². The lowest BCUT2D eigenvalue weighted by Crippen LogP contribution is -2.49. The lowest BCUT2D eigenvalue weighted by Gasteiger charge is -2.33. The molecule has 0 atom stereocenters. The Labute approximate surface area is 163 Å². The van der Waals surface area contributed by atoms with E-state index in [1.54, 1.807) is 6.34 Å². The molecule has 9 heteroatoms. The van der Waals surface area contributed by atoms with Crippen LogP contribution in [0.15, 0.2) is 29.5 Å². The maximum Gasteiger partial charge on any atom is 0.225 e. The number of hydrazone groups is 1. The maximum absolute atomic E-state index is 6.41. The van der Waals surface area contributed by atoms with Crippen molar-refractivity contribution in [3.05, 3.63) is 24.4 Å². The van der Waals surface area contributed by atoms with Crippen molar-refractivity contribution in [2.24, 2.45) is 5.10 Å². The molecule has 0 bridgehead atoms. The number of hydrogen-bond donors (Lipinski definition) is 2. The molecule has 1 saturated carbocycles. The van der Waals surface area contributed by atoms with Crippen LogP contribution in [0.2, 0.25) is 0 Å². The van der Waals surface area contributed by atoms with Crippen LogP contribution in [-0.2, 0) is 4.74 Å². The van der Waals surface area contributed by atoms with E-state index in [1.807, 2.05) is 23.4 Å². The van der Waals surface area contributed by atoms with E-state index in [4.69, 9.17) is 14.5 Å². The van der Waals surface area contributed by atoms with E-state index in [0.29, 0.717) is 11.9 Å². The van der Waals surface area contributed by atoms with E-state index in [2.05, 4.69) is 32.0 Å². The van der Waals surface area contributed by atoms with Gasteiger partial charge in [0.2, 0.25) is 5.88 Å². The summed E-state index contributed by atoms with van der Waals surface area (Å²) in [5, 5.41) is 6.93. The molecule has 28 heavy (non-hydrogen) atoms. The number of hydrogen-bond acceptors (Lipinski definition) is 9. The van der Waals surface area contributed by atoms with E-state index in [-0.39, 0.29) is 6.10 Å². The van der Waals surface area contributed by atoms with E-state index in [9.17, 15) is 0 Å². The zero-order valence-corrected chi connectivity index (χ0v) is 15.8. The summed E-state index contributed by atoms with van der Waals surface area (Å²) in [5.74, 6) is 1.61. The molecule has 9 nitrogen and oxygen atoms in total. The Bertz CT molecular complexity index is 839. The number of morpholine rings is 1. The lowest BCUT2D eigenvalue weighted by molar-refractivity contribution is 0.0476. The molecule has 148 valence electrons. The third kappa shape index (κ3) is 3.55. The van der Waals surface area contributed by atoms with Gasteiger partial charge in [-0.05, 0) is 37.8 Å². The second kappa shape index (κ2) is 7.76. The van der Waals surface area contributed by atoms with Crippen molar-refractivity contribution in [1.82, 2.24) is 26.0 Å². The van der Waals surface area contributed by atoms with Crippen LogP contribution in [0.5, 0.6) is 5.88 Å². The van der Waals surface area contributed by atoms with E-state index >= 15 is 0 Å². The lowest BCUT2D eigenvalue weighted by atomic mass is 9.93. The molecule has 0 spiro atoms. The van der Waals surface area contributed by atoms with Gasteiger partial charge >= 0.3 is 0 Å². The van der Waals surface area contributed by atoms with Crippen molar-refractivity contribution in [3.63, 3.8) is 0 Å². The Hall–Kier alpha value is -2.65. The summed E-state index contributed by atoms with van der Waals surface area (Å²) in [6, 6.07) is 6.44. The van der Waals surface area contributed by atoms with Gasteiger partial charge in [0, 0.05) is 25.4 Å². The molecular weight excluding hydrogens is 358 g/mol. The number of nitrogens with one attached hydrogen (secondary N) is 2. The normalized spacial score (nSPS) is 25.5. The summed E-state index contributed by atoms with van der Waals surface area (Å²) in [5.41, 5.74) is 7.01. The van der Waals surface area contributed by atoms with Gasteiger partial charge in [0.25, 0.3) is 0 Å². The van der Waals surface area contributed by atoms with Crippen LogP contribution in [-0.4, -0.2) is 59.9 Å². The number of hydrazine groups is 2. The molecule has 1 aliphatic carbocycles. The van der Waals surface area contributed by atoms with Crippen LogP contribution in [0, 0.1) is 0 Å². The second-order valence-corrected chi connectivity index (χ2v) is 7.36. The molecule has 2 fully saturated rings. The Balaban J connectivity index is 1.33. The van der Waals surface area contributed by atoms with Crippen LogP contribution in [0.3, 0.4) is 0 Å². The average Bonchev–Trinajstić information content (AvgIpc) is 3.30. The first-order valence-corrected chi connectivity index (χ1v) is 9.94. The Morgan fingerprint density at radius 1 is 1.14 bits per heavy atom. The predicted molar refractivity (Wildman–Crippen MR) is 106 cm³/mol. The first-order valence-electron chi connectivity index (χ1n) is 9.94. The fraction of sp³-hybridized carbons (Fsp3) is 0.526. The van der Waals surface area contributed by atoms with Crippen LogP contribution >= 0.6 is 0 Å².